The second kappa shape index (κ2) is 6.68. The molecule has 0 bridgehead atoms. The van der Waals surface area contributed by atoms with E-state index < -0.39 is 18.0 Å². The number of nitrogens with one attached hydrogen (secondary N) is 1. The number of carbonyl (C=O) groups is 2. The summed E-state index contributed by atoms with van der Waals surface area (Å²) < 4.78 is 16.5. The van der Waals surface area contributed by atoms with Crippen LogP contribution in [0.5, 0.6) is 0 Å². The molecule has 21 heavy (non-hydrogen) atoms. The van der Waals surface area contributed by atoms with Gasteiger partial charge in [-0.15, -0.1) is 0 Å². The van der Waals surface area contributed by atoms with Crippen LogP contribution in [0.1, 0.15) is 39.7 Å². The molecule has 8 nitrogen and oxygen atoms in total. The van der Waals surface area contributed by atoms with Gasteiger partial charge in [-0.1, -0.05) is 0 Å². The van der Waals surface area contributed by atoms with E-state index in [1.54, 1.807) is 20.8 Å². The first-order valence-electron chi connectivity index (χ1n) is 6.33. The van der Waals surface area contributed by atoms with Gasteiger partial charge in [-0.25, -0.2) is 14.3 Å². The summed E-state index contributed by atoms with van der Waals surface area (Å²) in [6.45, 7) is 6.55. The Bertz CT molecular complexity index is 514. The number of hydrogen-bond donors (Lipinski definition) is 1. The van der Waals surface area contributed by atoms with E-state index in [9.17, 15) is 9.59 Å². The molecule has 1 N–H and O–H groups in total. The molecule has 0 aliphatic carbocycles. The number of aromatic nitrogens is 2. The van der Waals surface area contributed by atoms with Crippen molar-refractivity contribution in [1.82, 2.24) is 9.55 Å². The van der Waals surface area contributed by atoms with Crippen molar-refractivity contribution in [3.8, 4) is 0 Å². The van der Waals surface area contributed by atoms with E-state index in [2.05, 4.69) is 10.3 Å². The molecule has 0 aliphatic rings. The van der Waals surface area contributed by atoms with Gasteiger partial charge in [0.05, 0.1) is 0 Å². The number of carbonyl (C=O) groups excluding carboxylic acids is 2. The summed E-state index contributed by atoms with van der Waals surface area (Å²) in [4.78, 5) is 27.5. The molecule has 0 aliphatic heterocycles. The summed E-state index contributed by atoms with van der Waals surface area (Å²) in [7, 11) is 2.89. The Hall–Kier alpha value is -1.93. The zero-order valence-corrected chi connectivity index (χ0v) is 13.1. The molecular formula is C13H21N3O5. The summed E-state index contributed by atoms with van der Waals surface area (Å²) in [6, 6.07) is 0. The average molecular weight is 299 g/mol. The van der Waals surface area contributed by atoms with Crippen LogP contribution in [-0.2, 0) is 19.0 Å². The second-order valence-electron chi connectivity index (χ2n) is 5.32. The number of anilines is 1. The number of amides is 1. The summed E-state index contributed by atoms with van der Waals surface area (Å²) in [5.74, 6) is -0.311. The van der Waals surface area contributed by atoms with Crippen LogP contribution >= 0.6 is 0 Å². The highest BCUT2D eigenvalue weighted by molar-refractivity contribution is 5.89. The Balaban J connectivity index is 3.15. The summed E-state index contributed by atoms with van der Waals surface area (Å²) in [5.41, 5.74) is -0.327. The number of ether oxygens (including phenoxy) is 3. The molecule has 1 rings (SSSR count). The van der Waals surface area contributed by atoms with Crippen LogP contribution in [0.2, 0.25) is 0 Å². The maximum atomic E-state index is 12.1. The third kappa shape index (κ3) is 4.83. The van der Waals surface area contributed by atoms with Crippen molar-refractivity contribution in [3.05, 3.63) is 11.9 Å². The summed E-state index contributed by atoms with van der Waals surface area (Å²) in [5, 5.41) is 2.46. The smallest absolute Gasteiger partial charge is 0.421 e. The fraction of sp³-hybridized carbons (Fsp3) is 0.615. The molecule has 118 valence electrons. The van der Waals surface area contributed by atoms with Crippen LogP contribution in [0.3, 0.4) is 0 Å². The van der Waals surface area contributed by atoms with E-state index in [4.69, 9.17) is 14.2 Å². The maximum Gasteiger partial charge on any atom is 0.421 e. The van der Waals surface area contributed by atoms with E-state index in [-0.39, 0.29) is 11.9 Å². The molecule has 1 heterocycles. The number of hydrogen-bond acceptors (Lipinski definition) is 6. The third-order valence-corrected chi connectivity index (χ3v) is 2.27. The van der Waals surface area contributed by atoms with Gasteiger partial charge in [-0.2, -0.15) is 0 Å². The van der Waals surface area contributed by atoms with Gasteiger partial charge in [0.1, 0.15) is 11.3 Å². The molecule has 0 fully saturated rings. The molecule has 0 aromatic carbocycles. The van der Waals surface area contributed by atoms with Gasteiger partial charge in [0.25, 0.3) is 0 Å². The third-order valence-electron chi connectivity index (χ3n) is 2.27. The quantitative estimate of drug-likeness (QED) is 0.854. The molecule has 8 heteroatoms. The largest absolute Gasteiger partial charge is 0.443 e. The average Bonchev–Trinajstić information content (AvgIpc) is 2.71. The van der Waals surface area contributed by atoms with Crippen molar-refractivity contribution in [2.75, 3.05) is 19.5 Å². The summed E-state index contributed by atoms with van der Waals surface area (Å²) >= 11 is 0. The van der Waals surface area contributed by atoms with Gasteiger partial charge in [-0.05, 0) is 20.8 Å². The first-order valence-corrected chi connectivity index (χ1v) is 6.33. The Morgan fingerprint density at radius 1 is 1.29 bits per heavy atom. The predicted molar refractivity (Wildman–Crippen MR) is 74.9 cm³/mol. The van der Waals surface area contributed by atoms with E-state index in [0.717, 1.165) is 4.57 Å². The Labute approximate surface area is 123 Å². The molecule has 0 unspecified atom stereocenters. The molecule has 0 spiro atoms. The monoisotopic (exact) mass is 299 g/mol. The molecule has 1 aromatic rings. The number of methoxy groups -OCH3 is 2. The molecular weight excluding hydrogens is 278 g/mol. The van der Waals surface area contributed by atoms with Gasteiger partial charge in [0.15, 0.2) is 0 Å². The van der Waals surface area contributed by atoms with Gasteiger partial charge in [0, 0.05) is 27.3 Å². The fourth-order valence-electron chi connectivity index (χ4n) is 1.55. The standard InChI is InChI=1S/C13H21N3O5/c1-8(17)14-11-15-9(10(19-5)20-6)7-16(11)12(18)21-13(2,3)4/h7,10H,1-6H3,(H,14,15,17). The Morgan fingerprint density at radius 3 is 2.29 bits per heavy atom. The molecule has 1 aromatic heterocycles. The van der Waals surface area contributed by atoms with Crippen molar-refractivity contribution in [2.45, 2.75) is 39.6 Å². The van der Waals surface area contributed by atoms with Crippen molar-refractivity contribution in [2.24, 2.45) is 0 Å². The highest BCUT2D eigenvalue weighted by Gasteiger charge is 2.24. The van der Waals surface area contributed by atoms with Gasteiger partial charge < -0.3 is 14.2 Å². The number of nitrogens with zero attached hydrogens (tertiary/aromatic N) is 2. The van der Waals surface area contributed by atoms with Crippen molar-refractivity contribution < 1.29 is 23.8 Å². The van der Waals surface area contributed by atoms with E-state index >= 15 is 0 Å². The highest BCUT2D eigenvalue weighted by Crippen LogP contribution is 2.20. The van der Waals surface area contributed by atoms with Gasteiger partial charge >= 0.3 is 6.09 Å². The molecule has 0 atom stereocenters. The minimum atomic E-state index is -0.749. The van der Waals surface area contributed by atoms with Crippen LogP contribution in [-0.4, -0.2) is 41.4 Å². The highest BCUT2D eigenvalue weighted by atomic mass is 16.7. The first-order chi connectivity index (χ1) is 9.67. The van der Waals surface area contributed by atoms with E-state index in [1.807, 2.05) is 0 Å². The summed E-state index contributed by atoms with van der Waals surface area (Å²) in [6.07, 6.45) is -0.00560. The lowest BCUT2D eigenvalue weighted by atomic mass is 10.2. The minimum Gasteiger partial charge on any atom is -0.443 e. The topological polar surface area (TPSA) is 91.7 Å². The lowest BCUT2D eigenvalue weighted by Crippen LogP contribution is -2.28. The predicted octanol–water partition coefficient (Wildman–Crippen LogP) is 1.92. The Kier molecular flexibility index (Phi) is 5.45. The van der Waals surface area contributed by atoms with E-state index in [0.29, 0.717) is 5.69 Å². The van der Waals surface area contributed by atoms with Crippen LogP contribution in [0, 0.1) is 0 Å². The number of rotatable bonds is 4. The van der Waals surface area contributed by atoms with Crippen LogP contribution in [0.4, 0.5) is 10.7 Å². The van der Waals surface area contributed by atoms with Crippen molar-refractivity contribution >= 4 is 17.9 Å². The second-order valence-corrected chi connectivity index (χ2v) is 5.32. The lowest BCUT2D eigenvalue weighted by molar-refractivity contribution is -0.114. The number of imidazole rings is 1. The lowest BCUT2D eigenvalue weighted by Gasteiger charge is -2.19. The SMILES string of the molecule is COC(OC)c1cn(C(=O)OC(C)(C)C)c(NC(C)=O)n1. The fourth-order valence-corrected chi connectivity index (χ4v) is 1.55. The molecule has 1 amide bonds. The van der Waals surface area contributed by atoms with E-state index in [1.165, 1.54) is 27.3 Å². The molecule has 0 saturated heterocycles. The normalized spacial score (nSPS) is 11.6. The van der Waals surface area contributed by atoms with Crippen LogP contribution in [0.25, 0.3) is 0 Å². The van der Waals surface area contributed by atoms with Gasteiger partial charge in [-0.3, -0.25) is 10.1 Å². The first kappa shape index (κ1) is 17.1. The molecule has 0 saturated carbocycles. The minimum absolute atomic E-state index is 0.0471. The zero-order valence-electron chi connectivity index (χ0n) is 13.1. The zero-order chi connectivity index (χ0) is 16.2. The molecule has 0 radical (unpaired) electrons. The van der Waals surface area contributed by atoms with Crippen LogP contribution < -0.4 is 5.32 Å². The Morgan fingerprint density at radius 2 is 1.86 bits per heavy atom. The van der Waals surface area contributed by atoms with Gasteiger partial charge in [0.2, 0.25) is 18.1 Å². The van der Waals surface area contributed by atoms with Crippen molar-refractivity contribution in [1.29, 1.82) is 0 Å². The van der Waals surface area contributed by atoms with Crippen molar-refractivity contribution in [3.63, 3.8) is 0 Å². The van der Waals surface area contributed by atoms with Crippen LogP contribution in [0.15, 0.2) is 6.20 Å². The maximum absolute atomic E-state index is 12.1.